The molecule has 0 amide bonds. The first-order chi connectivity index (χ1) is 21.7. The summed E-state index contributed by atoms with van der Waals surface area (Å²) in [6.07, 6.45) is 22.3. The van der Waals surface area contributed by atoms with Crippen molar-refractivity contribution in [2.75, 3.05) is 5.75 Å². The van der Waals surface area contributed by atoms with Crippen LogP contribution in [0.4, 0.5) is 0 Å². The Morgan fingerprint density at radius 3 is 1.73 bits per heavy atom. The zero-order valence-electron chi connectivity index (χ0n) is 27.7. The van der Waals surface area contributed by atoms with E-state index in [2.05, 4.69) is 80.6 Å². The van der Waals surface area contributed by atoms with E-state index in [0.29, 0.717) is 5.56 Å². The fourth-order valence-corrected chi connectivity index (χ4v) is 6.69. The van der Waals surface area contributed by atoms with E-state index in [4.69, 9.17) is 4.74 Å². The van der Waals surface area contributed by atoms with Crippen molar-refractivity contribution >= 4 is 17.7 Å². The number of aryl methyl sites for hydroxylation is 1. The Kier molecular flexibility index (Phi) is 18.7. The number of hydrogen-bond donors (Lipinski definition) is 0. The molecule has 1 unspecified atom stereocenters. The first kappa shape index (κ1) is 36.0. The summed E-state index contributed by atoms with van der Waals surface area (Å²) in [4.78, 5) is 14.5. The maximum absolute atomic E-state index is 13.2. The number of carbonyl (C=O) groups is 1. The Labute approximate surface area is 273 Å². The average molecular weight is 615 g/mol. The number of rotatable bonds is 24. The molecule has 0 radical (unpaired) electrons. The number of carbonyl (C=O) groups excluding carboxylic acids is 1. The monoisotopic (exact) mass is 614 g/mol. The highest BCUT2D eigenvalue weighted by Gasteiger charge is 2.16. The van der Waals surface area contributed by atoms with E-state index in [-0.39, 0.29) is 12.1 Å². The smallest absolute Gasteiger partial charge is 0.338 e. The molecule has 0 aromatic heterocycles. The van der Waals surface area contributed by atoms with Gasteiger partial charge in [0, 0.05) is 4.90 Å². The van der Waals surface area contributed by atoms with E-state index in [1.165, 1.54) is 105 Å². The fourth-order valence-electron chi connectivity index (χ4n) is 5.78. The summed E-state index contributed by atoms with van der Waals surface area (Å²) >= 11 is 1.96. The van der Waals surface area contributed by atoms with Crippen LogP contribution in [-0.2, 0) is 11.2 Å². The number of ether oxygens (including phenoxy) is 1. The minimum Gasteiger partial charge on any atom is -0.459 e. The van der Waals surface area contributed by atoms with Gasteiger partial charge in [-0.15, -0.1) is 11.8 Å². The van der Waals surface area contributed by atoms with Crippen LogP contribution >= 0.6 is 11.8 Å². The summed E-state index contributed by atoms with van der Waals surface area (Å²) in [5.41, 5.74) is 4.31. The SMILES string of the molecule is CCCCCCCCCCSc1ccc(-c2ccc(C(=O)OC(CCCCCCCC)CCCc3ccccc3)cc2)cc1. The molecular weight excluding hydrogens is 557 g/mol. The highest BCUT2D eigenvalue weighted by atomic mass is 32.2. The van der Waals surface area contributed by atoms with Crippen molar-refractivity contribution in [3.63, 3.8) is 0 Å². The number of unbranched alkanes of at least 4 members (excludes halogenated alkanes) is 12. The van der Waals surface area contributed by atoms with E-state index in [9.17, 15) is 4.79 Å². The normalized spacial score (nSPS) is 11.9. The van der Waals surface area contributed by atoms with Gasteiger partial charge in [0.15, 0.2) is 0 Å². The predicted octanol–water partition coefficient (Wildman–Crippen LogP) is 12.9. The second kappa shape index (κ2) is 22.9. The molecular formula is C41H58O2S. The Morgan fingerprint density at radius 2 is 1.11 bits per heavy atom. The van der Waals surface area contributed by atoms with Gasteiger partial charge in [0.1, 0.15) is 6.10 Å². The molecule has 3 heteroatoms. The Balaban J connectivity index is 1.44. The van der Waals surface area contributed by atoms with Crippen LogP contribution in [-0.4, -0.2) is 17.8 Å². The van der Waals surface area contributed by atoms with Crippen LogP contribution in [0.2, 0.25) is 0 Å². The number of benzene rings is 3. The molecule has 3 aromatic carbocycles. The topological polar surface area (TPSA) is 26.3 Å². The molecule has 0 spiro atoms. The van der Waals surface area contributed by atoms with Crippen molar-refractivity contribution in [1.82, 2.24) is 0 Å². The zero-order valence-corrected chi connectivity index (χ0v) is 28.6. The van der Waals surface area contributed by atoms with E-state index in [1.54, 1.807) is 0 Å². The van der Waals surface area contributed by atoms with Gasteiger partial charge in [-0.2, -0.15) is 0 Å². The van der Waals surface area contributed by atoms with Gasteiger partial charge in [0.05, 0.1) is 5.56 Å². The van der Waals surface area contributed by atoms with Crippen LogP contribution in [0, 0.1) is 0 Å². The van der Waals surface area contributed by atoms with Crippen LogP contribution in [0.1, 0.15) is 139 Å². The number of hydrogen-bond acceptors (Lipinski definition) is 3. The lowest BCUT2D eigenvalue weighted by molar-refractivity contribution is 0.0250. The van der Waals surface area contributed by atoms with Crippen molar-refractivity contribution in [2.45, 2.75) is 140 Å². The number of esters is 1. The molecule has 0 aliphatic rings. The summed E-state index contributed by atoms with van der Waals surface area (Å²) in [5, 5.41) is 0. The molecule has 0 fully saturated rings. The van der Waals surface area contributed by atoms with Gasteiger partial charge in [0.25, 0.3) is 0 Å². The van der Waals surface area contributed by atoms with Crippen LogP contribution in [0.5, 0.6) is 0 Å². The van der Waals surface area contributed by atoms with Gasteiger partial charge >= 0.3 is 5.97 Å². The molecule has 44 heavy (non-hydrogen) atoms. The molecule has 0 heterocycles. The van der Waals surface area contributed by atoms with Gasteiger partial charge in [-0.25, -0.2) is 4.79 Å². The summed E-state index contributed by atoms with van der Waals surface area (Å²) in [7, 11) is 0. The minimum atomic E-state index is -0.194. The zero-order chi connectivity index (χ0) is 31.1. The van der Waals surface area contributed by atoms with Crippen molar-refractivity contribution in [1.29, 1.82) is 0 Å². The van der Waals surface area contributed by atoms with Gasteiger partial charge in [-0.05, 0) is 85.2 Å². The van der Waals surface area contributed by atoms with Crippen molar-refractivity contribution in [2.24, 2.45) is 0 Å². The molecule has 0 bridgehead atoms. The van der Waals surface area contributed by atoms with E-state index < -0.39 is 0 Å². The predicted molar refractivity (Wildman–Crippen MR) is 192 cm³/mol. The molecule has 2 nitrogen and oxygen atoms in total. The molecule has 3 rings (SSSR count). The van der Waals surface area contributed by atoms with Crippen molar-refractivity contribution in [3.8, 4) is 11.1 Å². The summed E-state index contributed by atoms with van der Waals surface area (Å²) < 4.78 is 6.11. The quantitative estimate of drug-likeness (QED) is 0.0570. The van der Waals surface area contributed by atoms with Crippen LogP contribution < -0.4 is 0 Å². The molecule has 1 atom stereocenters. The van der Waals surface area contributed by atoms with Crippen LogP contribution in [0.25, 0.3) is 11.1 Å². The number of thioether (sulfide) groups is 1. The third-order valence-electron chi connectivity index (χ3n) is 8.56. The Bertz CT molecular complexity index is 1120. The molecule has 0 aliphatic carbocycles. The maximum Gasteiger partial charge on any atom is 0.338 e. The molecule has 0 saturated heterocycles. The maximum atomic E-state index is 13.2. The van der Waals surface area contributed by atoms with Crippen LogP contribution in [0.15, 0.2) is 83.8 Å². The largest absolute Gasteiger partial charge is 0.459 e. The summed E-state index contributed by atoms with van der Waals surface area (Å²) in [5.74, 6) is 0.997. The lowest BCUT2D eigenvalue weighted by Crippen LogP contribution is -2.19. The summed E-state index contributed by atoms with van der Waals surface area (Å²) in [6, 6.07) is 27.4. The summed E-state index contributed by atoms with van der Waals surface area (Å²) in [6.45, 7) is 4.53. The molecule has 0 aliphatic heterocycles. The molecule has 3 aromatic rings. The van der Waals surface area contributed by atoms with Gasteiger partial charge < -0.3 is 4.74 Å². The minimum absolute atomic E-state index is 0.0205. The second-order valence-electron chi connectivity index (χ2n) is 12.4. The third kappa shape index (κ3) is 15.0. The fraction of sp³-hybridized carbons (Fsp3) is 0.537. The first-order valence-electron chi connectivity index (χ1n) is 17.8. The lowest BCUT2D eigenvalue weighted by Gasteiger charge is -2.18. The lowest BCUT2D eigenvalue weighted by atomic mass is 10.0. The third-order valence-corrected chi connectivity index (χ3v) is 9.66. The molecule has 240 valence electrons. The average Bonchev–Trinajstić information content (AvgIpc) is 3.06. The van der Waals surface area contributed by atoms with Crippen LogP contribution in [0.3, 0.4) is 0 Å². The Morgan fingerprint density at radius 1 is 0.591 bits per heavy atom. The molecule has 0 N–H and O–H groups in total. The second-order valence-corrected chi connectivity index (χ2v) is 13.6. The van der Waals surface area contributed by atoms with Crippen molar-refractivity contribution < 1.29 is 9.53 Å². The van der Waals surface area contributed by atoms with Crippen molar-refractivity contribution in [3.05, 3.63) is 90.0 Å². The first-order valence-corrected chi connectivity index (χ1v) is 18.8. The van der Waals surface area contributed by atoms with Gasteiger partial charge in [-0.1, -0.05) is 145 Å². The highest BCUT2D eigenvalue weighted by Crippen LogP contribution is 2.26. The molecule has 0 saturated carbocycles. The van der Waals surface area contributed by atoms with Gasteiger partial charge in [0.2, 0.25) is 0 Å². The standard InChI is InChI=1S/C41H58O2S/c1-3-5-7-9-11-12-14-19-34-44-40-32-30-37(31-33-40)36-26-28-38(29-27-36)41(42)43-39(24-18-13-10-8-6-4-2)25-20-23-35-21-16-15-17-22-35/h15-17,21-22,26-33,39H,3-14,18-20,23-25,34H2,1-2H3. The van der Waals surface area contributed by atoms with E-state index >= 15 is 0 Å². The Hall–Kier alpha value is -2.52. The van der Waals surface area contributed by atoms with E-state index in [1.807, 2.05) is 23.9 Å². The van der Waals surface area contributed by atoms with E-state index in [0.717, 1.165) is 37.7 Å². The van der Waals surface area contributed by atoms with Gasteiger partial charge in [-0.3, -0.25) is 0 Å². The highest BCUT2D eigenvalue weighted by molar-refractivity contribution is 7.99.